The lowest BCUT2D eigenvalue weighted by Crippen LogP contribution is -1.87. The van der Waals surface area contributed by atoms with E-state index in [1.54, 1.807) is 14.0 Å². The molecule has 0 amide bonds. The number of hydrogen-bond donors (Lipinski definition) is 0. The molecule has 0 aliphatic heterocycles. The number of para-hydroxylation sites is 1. The summed E-state index contributed by atoms with van der Waals surface area (Å²) in [5, 5.41) is 3.89. The lowest BCUT2D eigenvalue weighted by molar-refractivity contribution is 0.405. The minimum Gasteiger partial charge on any atom is -0.496 e. The Morgan fingerprint density at radius 2 is 2.00 bits per heavy atom. The van der Waals surface area contributed by atoms with Crippen molar-refractivity contribution in [3.8, 4) is 28.7 Å². The van der Waals surface area contributed by atoms with Gasteiger partial charge in [0.05, 0.1) is 12.7 Å². The Morgan fingerprint density at radius 1 is 1.16 bits per heavy atom. The first-order chi connectivity index (χ1) is 9.28. The van der Waals surface area contributed by atoms with Crippen LogP contribution in [0.3, 0.4) is 0 Å². The minimum absolute atomic E-state index is 0.383. The average Bonchev–Trinajstić information content (AvgIpc) is 3.07. The summed E-state index contributed by atoms with van der Waals surface area (Å²) in [6.07, 6.45) is 1.49. The smallest absolute Gasteiger partial charge is 0.262 e. The Hall–Kier alpha value is -2.63. The van der Waals surface area contributed by atoms with Crippen LogP contribution in [-0.4, -0.2) is 22.2 Å². The van der Waals surface area contributed by atoms with Crippen LogP contribution in [0.5, 0.6) is 5.75 Å². The molecule has 0 atom stereocenters. The number of rotatable bonds is 3. The molecule has 19 heavy (non-hydrogen) atoms. The van der Waals surface area contributed by atoms with Gasteiger partial charge in [0.1, 0.15) is 17.7 Å². The molecular formula is C13H11N3O3. The van der Waals surface area contributed by atoms with E-state index >= 15 is 0 Å². The maximum absolute atomic E-state index is 5.26. The number of oxazole rings is 1. The van der Waals surface area contributed by atoms with Crippen molar-refractivity contribution < 1.29 is 13.7 Å². The molecule has 0 spiro atoms. The van der Waals surface area contributed by atoms with Crippen LogP contribution in [-0.2, 0) is 0 Å². The van der Waals surface area contributed by atoms with Crippen LogP contribution in [0.15, 0.2) is 39.5 Å². The third kappa shape index (κ3) is 2.08. The highest BCUT2D eigenvalue weighted by molar-refractivity contribution is 5.64. The molecule has 0 bridgehead atoms. The van der Waals surface area contributed by atoms with Gasteiger partial charge in [-0.2, -0.15) is 4.98 Å². The highest BCUT2D eigenvalue weighted by Crippen LogP contribution is 2.29. The SMILES string of the molecule is COc1ccccc1-c1nc(-c2coc(C)n2)no1. The topological polar surface area (TPSA) is 74.2 Å². The van der Waals surface area contributed by atoms with Crippen LogP contribution < -0.4 is 4.74 Å². The van der Waals surface area contributed by atoms with Crippen LogP contribution >= 0.6 is 0 Å². The molecule has 0 aliphatic carbocycles. The van der Waals surface area contributed by atoms with Crippen molar-refractivity contribution in [2.24, 2.45) is 0 Å². The van der Waals surface area contributed by atoms with Crippen LogP contribution in [0, 0.1) is 6.92 Å². The summed E-state index contributed by atoms with van der Waals surface area (Å²) >= 11 is 0. The standard InChI is InChI=1S/C13H11N3O3/c1-8-14-10(7-18-8)12-15-13(19-16-12)9-5-3-4-6-11(9)17-2/h3-7H,1-2H3. The van der Waals surface area contributed by atoms with Crippen molar-refractivity contribution in [3.05, 3.63) is 36.4 Å². The summed E-state index contributed by atoms with van der Waals surface area (Å²) in [6, 6.07) is 7.44. The molecule has 96 valence electrons. The summed E-state index contributed by atoms with van der Waals surface area (Å²) in [5.41, 5.74) is 1.28. The van der Waals surface area contributed by atoms with E-state index in [1.165, 1.54) is 6.26 Å². The number of hydrogen-bond acceptors (Lipinski definition) is 6. The largest absolute Gasteiger partial charge is 0.496 e. The second kappa shape index (κ2) is 4.56. The van der Waals surface area contributed by atoms with E-state index in [4.69, 9.17) is 13.7 Å². The molecule has 0 aliphatic rings. The number of methoxy groups -OCH3 is 1. The Kier molecular flexibility index (Phi) is 2.75. The molecular weight excluding hydrogens is 246 g/mol. The quantitative estimate of drug-likeness (QED) is 0.718. The van der Waals surface area contributed by atoms with Gasteiger partial charge in [0.2, 0.25) is 5.82 Å². The maximum atomic E-state index is 5.26. The number of aryl methyl sites for hydroxylation is 1. The molecule has 0 unspecified atom stereocenters. The van der Waals surface area contributed by atoms with Gasteiger partial charge in [-0.15, -0.1) is 0 Å². The van der Waals surface area contributed by atoms with Gasteiger partial charge < -0.3 is 13.7 Å². The fourth-order valence-corrected chi connectivity index (χ4v) is 1.72. The van der Waals surface area contributed by atoms with Gasteiger partial charge >= 0.3 is 0 Å². The predicted molar refractivity (Wildman–Crippen MR) is 66.5 cm³/mol. The van der Waals surface area contributed by atoms with E-state index in [1.807, 2.05) is 24.3 Å². The van der Waals surface area contributed by atoms with Gasteiger partial charge in [-0.1, -0.05) is 17.3 Å². The zero-order valence-electron chi connectivity index (χ0n) is 10.5. The van der Waals surface area contributed by atoms with Gasteiger partial charge in [-0.3, -0.25) is 0 Å². The Balaban J connectivity index is 2.01. The van der Waals surface area contributed by atoms with Crippen LogP contribution in [0.25, 0.3) is 23.0 Å². The molecule has 6 heteroatoms. The summed E-state index contributed by atoms with van der Waals surface area (Å²) in [4.78, 5) is 8.44. The molecule has 6 nitrogen and oxygen atoms in total. The van der Waals surface area contributed by atoms with E-state index in [0.717, 1.165) is 5.56 Å². The normalized spacial score (nSPS) is 10.6. The fourth-order valence-electron chi connectivity index (χ4n) is 1.72. The molecule has 1 aromatic carbocycles. The van der Waals surface area contributed by atoms with Gasteiger partial charge in [-0.25, -0.2) is 4.98 Å². The number of aromatic nitrogens is 3. The third-order valence-corrected chi connectivity index (χ3v) is 2.61. The second-order valence-corrected chi connectivity index (χ2v) is 3.88. The number of benzene rings is 1. The van der Waals surface area contributed by atoms with Crippen LogP contribution in [0.2, 0.25) is 0 Å². The summed E-state index contributed by atoms with van der Waals surface area (Å²) in [6.45, 7) is 1.75. The number of ether oxygens (including phenoxy) is 1. The van der Waals surface area contributed by atoms with Gasteiger partial charge in [-0.05, 0) is 12.1 Å². The van der Waals surface area contributed by atoms with Crippen molar-refractivity contribution in [2.45, 2.75) is 6.92 Å². The molecule has 2 aromatic heterocycles. The van der Waals surface area contributed by atoms with Crippen molar-refractivity contribution in [3.63, 3.8) is 0 Å². The Morgan fingerprint density at radius 3 is 2.74 bits per heavy atom. The molecule has 0 radical (unpaired) electrons. The molecule has 0 saturated heterocycles. The molecule has 3 aromatic rings. The van der Waals surface area contributed by atoms with Crippen molar-refractivity contribution in [1.82, 2.24) is 15.1 Å². The molecule has 0 N–H and O–H groups in total. The summed E-state index contributed by atoms with van der Waals surface area (Å²) in [5.74, 6) is 2.00. The lowest BCUT2D eigenvalue weighted by Gasteiger charge is -2.02. The molecule has 2 heterocycles. The van der Waals surface area contributed by atoms with Gasteiger partial charge in [0.25, 0.3) is 5.89 Å². The molecule has 3 rings (SSSR count). The van der Waals surface area contributed by atoms with Gasteiger partial charge in [0.15, 0.2) is 5.89 Å². The second-order valence-electron chi connectivity index (χ2n) is 3.88. The van der Waals surface area contributed by atoms with Crippen LogP contribution in [0.4, 0.5) is 0 Å². The first kappa shape index (κ1) is 11.5. The Bertz CT molecular complexity index is 702. The number of nitrogens with zero attached hydrogens (tertiary/aromatic N) is 3. The van der Waals surface area contributed by atoms with Crippen molar-refractivity contribution in [1.29, 1.82) is 0 Å². The van der Waals surface area contributed by atoms with E-state index in [-0.39, 0.29) is 0 Å². The van der Waals surface area contributed by atoms with E-state index < -0.39 is 0 Å². The average molecular weight is 257 g/mol. The molecule has 0 saturated carbocycles. The van der Waals surface area contributed by atoms with E-state index in [0.29, 0.717) is 29.0 Å². The lowest BCUT2D eigenvalue weighted by atomic mass is 10.2. The zero-order valence-corrected chi connectivity index (χ0v) is 10.5. The van der Waals surface area contributed by atoms with Crippen molar-refractivity contribution >= 4 is 0 Å². The fraction of sp³-hybridized carbons (Fsp3) is 0.154. The van der Waals surface area contributed by atoms with E-state index in [9.17, 15) is 0 Å². The maximum Gasteiger partial charge on any atom is 0.262 e. The first-order valence-electron chi connectivity index (χ1n) is 5.67. The zero-order chi connectivity index (χ0) is 13.2. The highest BCUT2D eigenvalue weighted by atomic mass is 16.5. The van der Waals surface area contributed by atoms with Crippen LogP contribution in [0.1, 0.15) is 5.89 Å². The predicted octanol–water partition coefficient (Wildman–Crippen LogP) is 2.71. The summed E-state index contributed by atoms with van der Waals surface area (Å²) < 4.78 is 15.6. The molecule has 0 fully saturated rings. The van der Waals surface area contributed by atoms with E-state index in [2.05, 4.69) is 15.1 Å². The summed E-state index contributed by atoms with van der Waals surface area (Å²) in [7, 11) is 1.59. The first-order valence-corrected chi connectivity index (χ1v) is 5.67. The third-order valence-electron chi connectivity index (χ3n) is 2.61. The Labute approximate surface area is 109 Å². The van der Waals surface area contributed by atoms with Crippen molar-refractivity contribution in [2.75, 3.05) is 7.11 Å². The van der Waals surface area contributed by atoms with Gasteiger partial charge in [0, 0.05) is 6.92 Å². The monoisotopic (exact) mass is 257 g/mol. The highest BCUT2D eigenvalue weighted by Gasteiger charge is 2.16. The minimum atomic E-state index is 0.383.